The van der Waals surface area contributed by atoms with Gasteiger partial charge in [0.25, 0.3) is 5.91 Å². The number of amides is 1. The lowest BCUT2D eigenvalue weighted by Gasteiger charge is -2.20. The molecule has 20 heavy (non-hydrogen) atoms. The van der Waals surface area contributed by atoms with Crippen molar-refractivity contribution < 1.29 is 19.6 Å². The van der Waals surface area contributed by atoms with Gasteiger partial charge in [-0.3, -0.25) is 14.9 Å². The third-order valence-corrected chi connectivity index (χ3v) is 2.63. The first kappa shape index (κ1) is 15.6. The van der Waals surface area contributed by atoms with Crippen LogP contribution in [0, 0.1) is 10.1 Å². The molecule has 7 heteroatoms. The van der Waals surface area contributed by atoms with Gasteiger partial charge in [0.2, 0.25) is 0 Å². The number of ether oxygens (including phenoxy) is 1. The van der Waals surface area contributed by atoms with Gasteiger partial charge in [-0.05, 0) is 12.1 Å². The van der Waals surface area contributed by atoms with Crippen LogP contribution in [-0.4, -0.2) is 47.6 Å². The first-order chi connectivity index (χ1) is 9.54. The van der Waals surface area contributed by atoms with Gasteiger partial charge in [-0.2, -0.15) is 0 Å². The second kappa shape index (κ2) is 7.25. The summed E-state index contributed by atoms with van der Waals surface area (Å²) in [5, 5.41) is 19.8. The van der Waals surface area contributed by atoms with Gasteiger partial charge in [-0.25, -0.2) is 0 Å². The Bertz CT molecular complexity index is 515. The zero-order valence-electron chi connectivity index (χ0n) is 11.1. The van der Waals surface area contributed by atoms with Gasteiger partial charge >= 0.3 is 5.69 Å². The van der Waals surface area contributed by atoms with Crippen molar-refractivity contribution in [2.24, 2.45) is 0 Å². The number of carbonyl (C=O) groups excluding carboxylic acids is 1. The Labute approximate surface area is 116 Å². The fraction of sp³-hybridized carbons (Fsp3) is 0.308. The molecule has 0 fully saturated rings. The third kappa shape index (κ3) is 3.55. The molecule has 0 aliphatic carbocycles. The fourth-order valence-corrected chi connectivity index (χ4v) is 1.70. The van der Waals surface area contributed by atoms with Crippen LogP contribution in [0.2, 0.25) is 0 Å². The van der Waals surface area contributed by atoms with Crippen LogP contribution in [-0.2, 0) is 0 Å². The van der Waals surface area contributed by atoms with E-state index in [-0.39, 0.29) is 36.7 Å². The monoisotopic (exact) mass is 280 g/mol. The number of hydrogen-bond acceptors (Lipinski definition) is 5. The largest absolute Gasteiger partial charge is 0.490 e. The summed E-state index contributed by atoms with van der Waals surface area (Å²) in [7, 11) is 1.32. The Hall–Kier alpha value is -2.41. The third-order valence-electron chi connectivity index (χ3n) is 2.63. The number of methoxy groups -OCH3 is 1. The summed E-state index contributed by atoms with van der Waals surface area (Å²) in [6.07, 6.45) is 1.52. The van der Waals surface area contributed by atoms with E-state index in [2.05, 4.69) is 6.58 Å². The first-order valence-corrected chi connectivity index (χ1v) is 5.88. The van der Waals surface area contributed by atoms with Crippen LogP contribution in [0.5, 0.6) is 5.75 Å². The molecule has 0 aliphatic heterocycles. The second-order valence-electron chi connectivity index (χ2n) is 3.91. The first-order valence-electron chi connectivity index (χ1n) is 5.88. The Kier molecular flexibility index (Phi) is 5.67. The molecule has 0 atom stereocenters. The second-order valence-corrected chi connectivity index (χ2v) is 3.91. The molecule has 0 unspecified atom stereocenters. The quantitative estimate of drug-likeness (QED) is 0.460. The minimum atomic E-state index is -0.612. The number of rotatable bonds is 7. The number of carbonyl (C=O) groups is 1. The molecule has 0 saturated carbocycles. The predicted molar refractivity (Wildman–Crippen MR) is 72.8 cm³/mol. The molecule has 1 amide bonds. The molecular weight excluding hydrogens is 264 g/mol. The molecule has 0 radical (unpaired) electrons. The Balaban J connectivity index is 3.11. The van der Waals surface area contributed by atoms with E-state index in [1.54, 1.807) is 0 Å². The van der Waals surface area contributed by atoms with E-state index in [4.69, 9.17) is 9.84 Å². The van der Waals surface area contributed by atoms with Crippen molar-refractivity contribution in [3.63, 3.8) is 0 Å². The van der Waals surface area contributed by atoms with Crippen molar-refractivity contribution in [1.82, 2.24) is 4.90 Å². The SMILES string of the molecule is C=CCN(CCO)C(=O)c1ccc(OC)c([N+](=O)[O-])c1. The lowest BCUT2D eigenvalue weighted by Crippen LogP contribution is -2.33. The molecule has 7 nitrogen and oxygen atoms in total. The van der Waals surface area contributed by atoms with Crippen molar-refractivity contribution >= 4 is 11.6 Å². The van der Waals surface area contributed by atoms with Crippen molar-refractivity contribution in [2.75, 3.05) is 26.8 Å². The Morgan fingerprint density at radius 2 is 2.30 bits per heavy atom. The van der Waals surface area contributed by atoms with Crippen molar-refractivity contribution in [2.45, 2.75) is 0 Å². The molecule has 0 spiro atoms. The smallest absolute Gasteiger partial charge is 0.311 e. The molecule has 0 heterocycles. The Morgan fingerprint density at radius 1 is 1.60 bits per heavy atom. The van der Waals surface area contributed by atoms with E-state index in [9.17, 15) is 14.9 Å². The van der Waals surface area contributed by atoms with E-state index in [1.807, 2.05) is 0 Å². The summed E-state index contributed by atoms with van der Waals surface area (Å²) < 4.78 is 4.87. The summed E-state index contributed by atoms with van der Waals surface area (Å²) in [5.74, 6) is -0.325. The minimum absolute atomic E-state index is 0.0870. The topological polar surface area (TPSA) is 92.9 Å². The molecular formula is C13H16N2O5. The molecule has 108 valence electrons. The molecule has 0 aromatic heterocycles. The lowest BCUT2D eigenvalue weighted by molar-refractivity contribution is -0.385. The van der Waals surface area contributed by atoms with Crippen molar-refractivity contribution in [1.29, 1.82) is 0 Å². The molecule has 0 saturated heterocycles. The highest BCUT2D eigenvalue weighted by Gasteiger charge is 2.20. The number of nitrogens with zero attached hydrogens (tertiary/aromatic N) is 2. The van der Waals surface area contributed by atoms with Gasteiger partial charge in [0.15, 0.2) is 5.75 Å². The van der Waals surface area contributed by atoms with Gasteiger partial charge in [0.05, 0.1) is 18.6 Å². The van der Waals surface area contributed by atoms with Gasteiger partial charge in [0.1, 0.15) is 0 Å². The highest BCUT2D eigenvalue weighted by molar-refractivity contribution is 5.95. The molecule has 1 aromatic rings. The van der Waals surface area contributed by atoms with E-state index in [0.717, 1.165) is 6.07 Å². The fourth-order valence-electron chi connectivity index (χ4n) is 1.70. The molecule has 1 aromatic carbocycles. The number of nitro benzene ring substituents is 1. The van der Waals surface area contributed by atoms with Crippen LogP contribution in [0.25, 0.3) is 0 Å². The zero-order valence-corrected chi connectivity index (χ0v) is 11.1. The molecule has 1 N–H and O–H groups in total. The van der Waals surface area contributed by atoms with Crippen LogP contribution < -0.4 is 4.74 Å². The maximum absolute atomic E-state index is 12.2. The summed E-state index contributed by atoms with van der Waals surface area (Å²) >= 11 is 0. The average Bonchev–Trinajstić information content (AvgIpc) is 2.45. The highest BCUT2D eigenvalue weighted by atomic mass is 16.6. The number of aliphatic hydroxyl groups excluding tert-OH is 1. The Morgan fingerprint density at radius 3 is 2.80 bits per heavy atom. The maximum Gasteiger partial charge on any atom is 0.311 e. The number of aliphatic hydroxyl groups is 1. The van der Waals surface area contributed by atoms with Gasteiger partial charge in [0, 0.05) is 24.7 Å². The van der Waals surface area contributed by atoms with E-state index < -0.39 is 10.8 Å². The summed E-state index contributed by atoms with van der Waals surface area (Å²) in [6.45, 7) is 3.71. The van der Waals surface area contributed by atoms with Gasteiger partial charge < -0.3 is 14.7 Å². The van der Waals surface area contributed by atoms with Crippen LogP contribution >= 0.6 is 0 Å². The predicted octanol–water partition coefficient (Wildman–Crippen LogP) is 1.22. The zero-order chi connectivity index (χ0) is 15.1. The maximum atomic E-state index is 12.2. The van der Waals surface area contributed by atoms with E-state index >= 15 is 0 Å². The number of nitro groups is 1. The summed E-state index contributed by atoms with van der Waals surface area (Å²) in [5.41, 5.74) is -0.117. The number of benzene rings is 1. The minimum Gasteiger partial charge on any atom is -0.490 e. The average molecular weight is 280 g/mol. The number of hydrogen-bond donors (Lipinski definition) is 1. The molecule has 1 rings (SSSR count). The highest BCUT2D eigenvalue weighted by Crippen LogP contribution is 2.27. The normalized spacial score (nSPS) is 9.90. The van der Waals surface area contributed by atoms with Crippen LogP contribution in [0.1, 0.15) is 10.4 Å². The van der Waals surface area contributed by atoms with Crippen molar-refractivity contribution in [3.8, 4) is 5.75 Å². The standard InChI is InChI=1S/C13H16N2O5/c1-3-6-14(7-8-16)13(17)10-4-5-12(20-2)11(9-10)15(18)19/h3-5,9,16H,1,6-8H2,2H3. The van der Waals surface area contributed by atoms with E-state index in [0.29, 0.717) is 0 Å². The lowest BCUT2D eigenvalue weighted by atomic mass is 10.1. The van der Waals surface area contributed by atoms with Crippen LogP contribution in [0.15, 0.2) is 30.9 Å². The van der Waals surface area contributed by atoms with Crippen LogP contribution in [0.3, 0.4) is 0 Å². The van der Waals surface area contributed by atoms with Crippen LogP contribution in [0.4, 0.5) is 5.69 Å². The molecule has 0 bridgehead atoms. The molecule has 0 aliphatic rings. The summed E-state index contributed by atoms with van der Waals surface area (Å²) in [4.78, 5) is 23.9. The van der Waals surface area contributed by atoms with E-state index in [1.165, 1.54) is 30.2 Å². The van der Waals surface area contributed by atoms with Gasteiger partial charge in [-0.1, -0.05) is 6.08 Å². The summed E-state index contributed by atoms with van der Waals surface area (Å²) in [6, 6.07) is 3.98. The van der Waals surface area contributed by atoms with Gasteiger partial charge in [-0.15, -0.1) is 6.58 Å². The van der Waals surface area contributed by atoms with Crippen molar-refractivity contribution in [3.05, 3.63) is 46.5 Å².